The first-order valence-electron chi connectivity index (χ1n) is 10.7. The third-order valence-corrected chi connectivity index (χ3v) is 6.99. The smallest absolute Gasteiger partial charge is 0.191 e. The molecule has 29 heavy (non-hydrogen) atoms. The Morgan fingerprint density at radius 3 is 2.69 bits per heavy atom. The molecule has 6 nitrogen and oxygen atoms in total. The molecule has 3 atom stereocenters. The fourth-order valence-electron chi connectivity index (χ4n) is 3.60. The molecule has 0 aromatic heterocycles. The van der Waals surface area contributed by atoms with Crippen LogP contribution in [0.15, 0.2) is 29.3 Å². The summed E-state index contributed by atoms with van der Waals surface area (Å²) in [6.45, 7) is 4.48. The lowest BCUT2D eigenvalue weighted by molar-refractivity contribution is 0.281. The fraction of sp³-hybridized carbons (Fsp3) is 0.682. The quantitative estimate of drug-likeness (QED) is 0.345. The minimum absolute atomic E-state index is 0.314. The van der Waals surface area contributed by atoms with Gasteiger partial charge in [0.1, 0.15) is 5.75 Å². The van der Waals surface area contributed by atoms with E-state index in [0.29, 0.717) is 17.8 Å². The molecule has 2 N–H and O–H groups in total. The van der Waals surface area contributed by atoms with Crippen molar-refractivity contribution in [2.75, 3.05) is 40.0 Å². The summed E-state index contributed by atoms with van der Waals surface area (Å²) in [5, 5.41) is 7.22. The van der Waals surface area contributed by atoms with E-state index in [1.807, 2.05) is 19.1 Å². The summed E-state index contributed by atoms with van der Waals surface area (Å²) in [5.41, 5.74) is 1.18. The Morgan fingerprint density at radius 1 is 1.28 bits per heavy atom. The average molecular weight is 423 g/mol. The van der Waals surface area contributed by atoms with Crippen LogP contribution in [0.25, 0.3) is 0 Å². The Bertz CT molecular complexity index is 649. The van der Waals surface area contributed by atoms with Crippen LogP contribution in [-0.4, -0.2) is 66.4 Å². The van der Waals surface area contributed by atoms with Crippen molar-refractivity contribution in [2.45, 2.75) is 56.9 Å². The first-order chi connectivity index (χ1) is 14.0. The molecule has 2 rings (SSSR count). The molecule has 0 spiro atoms. The summed E-state index contributed by atoms with van der Waals surface area (Å²) < 4.78 is 17.9. The minimum atomic E-state index is -0.707. The number of nitrogens with one attached hydrogen (secondary N) is 2. The standard InChI is InChI=1S/C22H38N4O2S/c1-5-29(27)21-9-6-8-19(16-21)25-22(23-2)24-17-18-10-12-20(13-11-18)28-15-7-14-26(3)4/h10-13,19,21H,5-9,14-17H2,1-4H3,(H2,23,24,25). The van der Waals surface area contributed by atoms with Crippen molar-refractivity contribution in [1.82, 2.24) is 15.5 Å². The number of rotatable bonds is 10. The summed E-state index contributed by atoms with van der Waals surface area (Å²) >= 11 is 0. The van der Waals surface area contributed by atoms with Gasteiger partial charge >= 0.3 is 0 Å². The van der Waals surface area contributed by atoms with Crippen molar-refractivity contribution in [3.05, 3.63) is 29.8 Å². The SMILES string of the molecule is CCS(=O)C1CCCC(NC(=NC)NCc2ccc(OCCCN(C)C)cc2)C1. The van der Waals surface area contributed by atoms with Crippen LogP contribution in [0.5, 0.6) is 5.75 Å². The second-order valence-electron chi connectivity index (χ2n) is 7.87. The van der Waals surface area contributed by atoms with Crippen LogP contribution in [0.1, 0.15) is 44.6 Å². The number of hydrogen-bond donors (Lipinski definition) is 2. The number of aliphatic imine (C=N–C) groups is 1. The Morgan fingerprint density at radius 2 is 2.03 bits per heavy atom. The first kappa shape index (κ1) is 23.7. The van der Waals surface area contributed by atoms with Gasteiger partial charge in [0.25, 0.3) is 0 Å². The maximum Gasteiger partial charge on any atom is 0.191 e. The molecule has 0 amide bonds. The molecule has 1 saturated carbocycles. The molecule has 0 saturated heterocycles. The minimum Gasteiger partial charge on any atom is -0.494 e. The van der Waals surface area contributed by atoms with Crippen molar-refractivity contribution in [2.24, 2.45) is 4.99 Å². The Hall–Kier alpha value is -1.60. The van der Waals surface area contributed by atoms with E-state index in [1.54, 1.807) is 7.05 Å². The Balaban J connectivity index is 1.75. The van der Waals surface area contributed by atoms with Crippen molar-refractivity contribution >= 4 is 16.8 Å². The van der Waals surface area contributed by atoms with E-state index < -0.39 is 10.8 Å². The molecule has 0 aliphatic heterocycles. The number of hydrogen-bond acceptors (Lipinski definition) is 4. The first-order valence-corrected chi connectivity index (χ1v) is 12.1. The molecule has 3 unspecified atom stereocenters. The molecule has 1 aromatic rings. The van der Waals surface area contributed by atoms with Crippen LogP contribution in [0, 0.1) is 0 Å². The van der Waals surface area contributed by atoms with Crippen molar-refractivity contribution in [3.63, 3.8) is 0 Å². The highest BCUT2D eigenvalue weighted by molar-refractivity contribution is 7.85. The molecule has 1 aromatic carbocycles. The molecule has 0 radical (unpaired) electrons. The zero-order valence-corrected chi connectivity index (χ0v) is 19.3. The lowest BCUT2D eigenvalue weighted by atomic mass is 9.95. The Kier molecular flexibility index (Phi) is 10.5. The second kappa shape index (κ2) is 12.9. The average Bonchev–Trinajstić information content (AvgIpc) is 2.74. The molecular formula is C22H38N4O2S. The van der Waals surface area contributed by atoms with E-state index in [4.69, 9.17) is 4.74 Å². The summed E-state index contributed by atoms with van der Waals surface area (Å²) in [7, 11) is 5.23. The van der Waals surface area contributed by atoms with Gasteiger partial charge in [0.15, 0.2) is 5.96 Å². The van der Waals surface area contributed by atoms with E-state index in [0.717, 1.165) is 62.7 Å². The third kappa shape index (κ3) is 8.74. The van der Waals surface area contributed by atoms with Gasteiger partial charge < -0.3 is 20.3 Å². The van der Waals surface area contributed by atoms with Gasteiger partial charge in [0.2, 0.25) is 0 Å². The van der Waals surface area contributed by atoms with Crippen LogP contribution in [0.2, 0.25) is 0 Å². The Labute approximate surface area is 179 Å². The van der Waals surface area contributed by atoms with E-state index in [1.165, 1.54) is 5.56 Å². The van der Waals surface area contributed by atoms with Gasteiger partial charge in [-0.25, -0.2) is 0 Å². The van der Waals surface area contributed by atoms with Gasteiger partial charge in [0.05, 0.1) is 6.61 Å². The van der Waals surface area contributed by atoms with Crippen LogP contribution < -0.4 is 15.4 Å². The number of guanidine groups is 1. The third-order valence-electron chi connectivity index (χ3n) is 5.25. The molecule has 1 fully saturated rings. The van der Waals surface area contributed by atoms with Crippen LogP contribution in [-0.2, 0) is 17.3 Å². The van der Waals surface area contributed by atoms with E-state index >= 15 is 0 Å². The summed E-state index contributed by atoms with van der Waals surface area (Å²) in [6.07, 6.45) is 5.29. The summed E-state index contributed by atoms with van der Waals surface area (Å²) in [5.74, 6) is 2.47. The molecular weight excluding hydrogens is 384 g/mol. The van der Waals surface area contributed by atoms with Crippen molar-refractivity contribution in [3.8, 4) is 5.75 Å². The number of nitrogens with zero attached hydrogens (tertiary/aromatic N) is 2. The predicted molar refractivity (Wildman–Crippen MR) is 123 cm³/mol. The molecule has 1 aliphatic carbocycles. The van der Waals surface area contributed by atoms with Gasteiger partial charge in [0, 0.05) is 48.0 Å². The van der Waals surface area contributed by atoms with Crippen LogP contribution >= 0.6 is 0 Å². The molecule has 7 heteroatoms. The van der Waals surface area contributed by atoms with Gasteiger partial charge in [-0.3, -0.25) is 9.20 Å². The maximum absolute atomic E-state index is 12.1. The van der Waals surface area contributed by atoms with Crippen molar-refractivity contribution < 1.29 is 8.95 Å². The normalized spacial score (nSPS) is 21.1. The van der Waals surface area contributed by atoms with Gasteiger partial charge in [-0.2, -0.15) is 0 Å². The molecule has 0 heterocycles. The van der Waals surface area contributed by atoms with E-state index in [2.05, 4.69) is 46.8 Å². The van der Waals surface area contributed by atoms with Gasteiger partial charge in [-0.1, -0.05) is 25.5 Å². The van der Waals surface area contributed by atoms with Crippen molar-refractivity contribution in [1.29, 1.82) is 0 Å². The lowest BCUT2D eigenvalue weighted by Gasteiger charge is -2.30. The largest absolute Gasteiger partial charge is 0.494 e. The molecule has 1 aliphatic rings. The maximum atomic E-state index is 12.1. The summed E-state index contributed by atoms with van der Waals surface area (Å²) in [4.78, 5) is 6.52. The van der Waals surface area contributed by atoms with E-state index in [9.17, 15) is 4.21 Å². The lowest BCUT2D eigenvalue weighted by Crippen LogP contribution is -2.46. The summed E-state index contributed by atoms with van der Waals surface area (Å²) in [6, 6.07) is 8.56. The predicted octanol–water partition coefficient (Wildman–Crippen LogP) is 2.76. The molecule has 0 bridgehead atoms. The highest BCUT2D eigenvalue weighted by Gasteiger charge is 2.25. The topological polar surface area (TPSA) is 66.0 Å². The number of ether oxygens (including phenoxy) is 1. The monoisotopic (exact) mass is 422 g/mol. The molecule has 164 valence electrons. The number of benzene rings is 1. The van der Waals surface area contributed by atoms with Gasteiger partial charge in [-0.15, -0.1) is 0 Å². The zero-order valence-electron chi connectivity index (χ0n) is 18.4. The fourth-order valence-corrected chi connectivity index (χ4v) is 4.95. The highest BCUT2D eigenvalue weighted by Crippen LogP contribution is 2.23. The zero-order chi connectivity index (χ0) is 21.1. The van der Waals surface area contributed by atoms with Crippen LogP contribution in [0.3, 0.4) is 0 Å². The van der Waals surface area contributed by atoms with Crippen LogP contribution in [0.4, 0.5) is 0 Å². The highest BCUT2D eigenvalue weighted by atomic mass is 32.2. The second-order valence-corrected chi connectivity index (χ2v) is 9.88. The van der Waals surface area contributed by atoms with E-state index in [-0.39, 0.29) is 0 Å². The van der Waals surface area contributed by atoms with Gasteiger partial charge in [-0.05, 0) is 57.5 Å².